The van der Waals surface area contributed by atoms with Gasteiger partial charge in [0.2, 0.25) is 11.8 Å². The van der Waals surface area contributed by atoms with Gasteiger partial charge in [-0.3, -0.25) is 14.4 Å². The maximum Gasteiger partial charge on any atom is 0.335 e. The Hall–Kier alpha value is -3.93. The first-order chi connectivity index (χ1) is 22.8. The Bertz CT molecular complexity index is 1420. The van der Waals surface area contributed by atoms with E-state index in [1.54, 1.807) is 31.2 Å². The molecule has 2 amide bonds. The van der Waals surface area contributed by atoms with Gasteiger partial charge in [0.05, 0.1) is 31.3 Å². The zero-order chi connectivity index (χ0) is 35.4. The highest BCUT2D eigenvalue weighted by molar-refractivity contribution is 6.32. The van der Waals surface area contributed by atoms with Crippen molar-refractivity contribution in [3.8, 4) is 5.75 Å². The van der Waals surface area contributed by atoms with E-state index in [1.807, 2.05) is 51.1 Å². The predicted octanol–water partition coefficient (Wildman–Crippen LogP) is 4.34. The van der Waals surface area contributed by atoms with Crippen molar-refractivity contribution in [2.45, 2.75) is 77.4 Å². The van der Waals surface area contributed by atoms with Crippen LogP contribution in [-0.2, 0) is 39.8 Å². The van der Waals surface area contributed by atoms with E-state index < -0.39 is 47.9 Å². The maximum atomic E-state index is 13.2. The number of aliphatic hydroxyl groups excluding tert-OH is 1. The van der Waals surface area contributed by atoms with Crippen molar-refractivity contribution in [2.75, 3.05) is 20.8 Å². The van der Waals surface area contributed by atoms with Gasteiger partial charge in [-0.05, 0) is 41.7 Å². The smallest absolute Gasteiger partial charge is 0.335 e. The van der Waals surface area contributed by atoms with E-state index in [2.05, 4.69) is 10.6 Å². The van der Waals surface area contributed by atoms with Crippen molar-refractivity contribution in [2.24, 2.45) is 17.8 Å². The zero-order valence-corrected chi connectivity index (χ0v) is 29.1. The minimum absolute atomic E-state index is 0.0118. The molecule has 1 aliphatic rings. The minimum Gasteiger partial charge on any atom is -0.495 e. The second-order valence-electron chi connectivity index (χ2n) is 12.5. The van der Waals surface area contributed by atoms with E-state index in [9.17, 15) is 24.3 Å². The summed E-state index contributed by atoms with van der Waals surface area (Å²) in [6, 6.07) is 13.8. The second kappa shape index (κ2) is 18.6. The van der Waals surface area contributed by atoms with Gasteiger partial charge in [0, 0.05) is 25.3 Å². The fraction of sp³-hybridized carbons (Fsp3) is 0.500. The summed E-state index contributed by atoms with van der Waals surface area (Å²) >= 11 is 6.29. The highest BCUT2D eigenvalue weighted by Gasteiger charge is 2.47. The Balaban J connectivity index is 1.72. The summed E-state index contributed by atoms with van der Waals surface area (Å²) in [7, 11) is 2.76. The van der Waals surface area contributed by atoms with Crippen LogP contribution < -0.4 is 15.4 Å². The number of ether oxygens (including phenoxy) is 4. The molecule has 12 heteroatoms. The molecule has 1 aliphatic heterocycles. The first-order valence-electron chi connectivity index (χ1n) is 16.1. The molecule has 2 aromatic carbocycles. The Morgan fingerprint density at radius 1 is 1.02 bits per heavy atom. The van der Waals surface area contributed by atoms with Crippen LogP contribution in [0.25, 0.3) is 0 Å². The largest absolute Gasteiger partial charge is 0.495 e. The number of hydrogen-bond acceptors (Lipinski definition) is 9. The Morgan fingerprint density at radius 3 is 2.35 bits per heavy atom. The van der Waals surface area contributed by atoms with Crippen LogP contribution in [0.3, 0.4) is 0 Å². The molecule has 2 aromatic rings. The third-order valence-corrected chi connectivity index (χ3v) is 8.40. The lowest BCUT2D eigenvalue weighted by Crippen LogP contribution is -2.49. The van der Waals surface area contributed by atoms with E-state index in [1.165, 1.54) is 20.3 Å². The Kier molecular flexibility index (Phi) is 14.9. The number of methoxy groups -OCH3 is 2. The molecule has 48 heavy (non-hydrogen) atoms. The lowest BCUT2D eigenvalue weighted by molar-refractivity contribution is -0.162. The number of amides is 2. The van der Waals surface area contributed by atoms with Gasteiger partial charge < -0.3 is 34.7 Å². The summed E-state index contributed by atoms with van der Waals surface area (Å²) in [6.45, 7) is 7.34. The second-order valence-corrected chi connectivity index (χ2v) is 12.9. The minimum atomic E-state index is -1.27. The molecule has 11 nitrogen and oxygen atoms in total. The third kappa shape index (κ3) is 11.6. The molecule has 0 bridgehead atoms. The van der Waals surface area contributed by atoms with Gasteiger partial charge in [-0.15, -0.1) is 0 Å². The molecule has 0 aromatic heterocycles. The van der Waals surface area contributed by atoms with Crippen molar-refractivity contribution in [3.05, 3.63) is 76.8 Å². The molecule has 0 saturated carbocycles. The summed E-state index contributed by atoms with van der Waals surface area (Å²) in [6.07, 6.45) is 1.04. The molecular formula is C36H47ClN2O9. The van der Waals surface area contributed by atoms with Crippen molar-refractivity contribution >= 4 is 35.4 Å². The first kappa shape index (κ1) is 38.5. The van der Waals surface area contributed by atoms with Crippen LogP contribution in [0.4, 0.5) is 0 Å². The highest BCUT2D eigenvalue weighted by Crippen LogP contribution is 2.45. The normalized spacial score (nSPS) is 18.7. The van der Waals surface area contributed by atoms with E-state index in [4.69, 9.17) is 30.5 Å². The monoisotopic (exact) mass is 686 g/mol. The van der Waals surface area contributed by atoms with E-state index in [-0.39, 0.29) is 49.9 Å². The van der Waals surface area contributed by atoms with Gasteiger partial charge in [-0.25, -0.2) is 4.79 Å². The number of hydrogen-bond donors (Lipinski definition) is 3. The molecule has 1 saturated heterocycles. The van der Waals surface area contributed by atoms with Crippen molar-refractivity contribution in [1.82, 2.24) is 10.6 Å². The lowest BCUT2D eigenvalue weighted by Gasteiger charge is -2.24. The number of carbonyl (C=O) groups excluding carboxylic acids is 4. The topological polar surface area (TPSA) is 153 Å². The van der Waals surface area contributed by atoms with E-state index >= 15 is 0 Å². The quantitative estimate of drug-likeness (QED) is 0.118. The van der Waals surface area contributed by atoms with Gasteiger partial charge in [-0.1, -0.05) is 81.8 Å². The fourth-order valence-corrected chi connectivity index (χ4v) is 5.54. The first-order valence-corrected chi connectivity index (χ1v) is 16.5. The summed E-state index contributed by atoms with van der Waals surface area (Å²) < 4.78 is 21.7. The molecule has 1 heterocycles. The van der Waals surface area contributed by atoms with Crippen molar-refractivity contribution in [1.29, 1.82) is 0 Å². The van der Waals surface area contributed by atoms with Crippen LogP contribution in [0, 0.1) is 17.8 Å². The molecule has 262 valence electrons. The Morgan fingerprint density at radius 2 is 1.73 bits per heavy atom. The number of rotatable bonds is 18. The van der Waals surface area contributed by atoms with Crippen LogP contribution in [0.2, 0.25) is 5.02 Å². The molecular weight excluding hydrogens is 640 g/mol. The summed E-state index contributed by atoms with van der Waals surface area (Å²) in [5.74, 6) is -2.57. The van der Waals surface area contributed by atoms with Crippen molar-refractivity contribution < 1.29 is 43.2 Å². The average molecular weight is 687 g/mol. The van der Waals surface area contributed by atoms with Gasteiger partial charge in [0.25, 0.3) is 0 Å². The SMILES string of the molecule is COC(=O)[C@H](C)CNC(=O)[C@@H](Cc1ccc(OC)c(Cl)c1)NC(=O)/C=C/C[C@H](OC(=O)[C@@H](O)CC(C)C)[C@@H](C)[C@@H]1O[C@@H]1c1ccccc1. The predicted molar refractivity (Wildman–Crippen MR) is 180 cm³/mol. The number of benzene rings is 2. The van der Waals surface area contributed by atoms with Gasteiger partial charge in [-0.2, -0.15) is 0 Å². The molecule has 0 spiro atoms. The van der Waals surface area contributed by atoms with Crippen LogP contribution >= 0.6 is 11.6 Å². The molecule has 0 unspecified atom stereocenters. The van der Waals surface area contributed by atoms with Crippen molar-refractivity contribution in [3.63, 3.8) is 0 Å². The van der Waals surface area contributed by atoms with Gasteiger partial charge >= 0.3 is 11.9 Å². The lowest BCUT2D eigenvalue weighted by atomic mass is 9.93. The summed E-state index contributed by atoms with van der Waals surface area (Å²) in [5, 5.41) is 16.2. The molecule has 0 aliphatic carbocycles. The maximum absolute atomic E-state index is 13.2. The zero-order valence-electron chi connectivity index (χ0n) is 28.3. The molecule has 1 fully saturated rings. The van der Waals surface area contributed by atoms with Crippen LogP contribution in [0.1, 0.15) is 57.8 Å². The van der Waals surface area contributed by atoms with Gasteiger partial charge in [0.1, 0.15) is 24.0 Å². The molecule has 3 rings (SSSR count). The number of carbonyl (C=O) groups is 4. The fourth-order valence-electron chi connectivity index (χ4n) is 5.26. The van der Waals surface area contributed by atoms with E-state index in [0.29, 0.717) is 16.3 Å². The summed E-state index contributed by atoms with van der Waals surface area (Å²) in [4.78, 5) is 51.0. The van der Waals surface area contributed by atoms with Gasteiger partial charge in [0.15, 0.2) is 6.10 Å². The number of epoxide rings is 1. The van der Waals surface area contributed by atoms with Crippen LogP contribution in [-0.4, -0.2) is 74.0 Å². The Labute approximate surface area is 287 Å². The third-order valence-electron chi connectivity index (χ3n) is 8.11. The number of aliphatic hydroxyl groups is 1. The standard InChI is InChI=1S/C36H47ClN2O9/c1-21(2)17-28(40)36(44)47-29(23(4)32-33(48-32)25-11-8-7-9-12-25)13-10-14-31(41)39-27(34(42)38-20-22(3)35(43)46-6)19-24-15-16-30(45-5)26(37)18-24/h7-12,14-16,18,21-23,27-29,32-33,40H,13,17,19-20H2,1-6H3,(H,38,42)(H,39,41)/b14-10+/t22-,23-,27-,28+,29+,32+,33-/m1/s1. The molecule has 3 N–H and O–H groups in total. The summed E-state index contributed by atoms with van der Waals surface area (Å²) in [5.41, 5.74) is 1.68. The number of nitrogens with one attached hydrogen (secondary N) is 2. The van der Waals surface area contributed by atoms with E-state index in [0.717, 1.165) is 5.56 Å². The average Bonchev–Trinajstić information content (AvgIpc) is 3.87. The number of esters is 2. The molecule has 7 atom stereocenters. The highest BCUT2D eigenvalue weighted by atomic mass is 35.5. The van der Waals surface area contributed by atoms with Crippen LogP contribution in [0.15, 0.2) is 60.7 Å². The number of halogens is 1. The molecule has 0 radical (unpaired) electrons. The van der Waals surface area contributed by atoms with Crippen LogP contribution in [0.5, 0.6) is 5.75 Å².